The van der Waals surface area contributed by atoms with Gasteiger partial charge in [-0.05, 0) is 37.5 Å². The van der Waals surface area contributed by atoms with Crippen LogP contribution in [0.4, 0.5) is 17.6 Å². The van der Waals surface area contributed by atoms with Crippen molar-refractivity contribution in [2.75, 3.05) is 20.7 Å². The van der Waals surface area contributed by atoms with Gasteiger partial charge in [0.25, 0.3) is 0 Å². The lowest BCUT2D eigenvalue weighted by Crippen LogP contribution is -2.39. The lowest BCUT2D eigenvalue weighted by Gasteiger charge is -2.19. The molecule has 1 aromatic rings. The van der Waals surface area contributed by atoms with E-state index in [9.17, 15) is 17.6 Å². The Morgan fingerprint density at radius 1 is 1.28 bits per heavy atom. The van der Waals surface area contributed by atoms with Gasteiger partial charge in [-0.2, -0.15) is 13.2 Å². The standard InChI is InChI=1S/C16H23F4N3O.HI/c1-11(12-6-7-14(24-3)13(17)10-12)23-15(21-2)22-9-5-4-8-16(18,19)20;/h6-7,10-11H,4-5,8-9H2,1-3H3,(H2,21,22,23);1H. The van der Waals surface area contributed by atoms with Crippen LogP contribution in [0.15, 0.2) is 23.2 Å². The Morgan fingerprint density at radius 2 is 1.96 bits per heavy atom. The Kier molecular flexibility index (Phi) is 10.8. The molecule has 1 unspecified atom stereocenters. The predicted octanol–water partition coefficient (Wildman–Crippen LogP) is 4.41. The molecule has 144 valence electrons. The van der Waals surface area contributed by atoms with E-state index < -0.39 is 18.4 Å². The molecule has 0 bridgehead atoms. The molecule has 0 aromatic heterocycles. The molecule has 0 aliphatic heterocycles. The first-order valence-corrected chi connectivity index (χ1v) is 7.64. The van der Waals surface area contributed by atoms with Crippen molar-refractivity contribution in [1.82, 2.24) is 10.6 Å². The average Bonchev–Trinajstić information content (AvgIpc) is 2.52. The molecule has 0 aliphatic rings. The summed E-state index contributed by atoms with van der Waals surface area (Å²) < 4.78 is 54.8. The summed E-state index contributed by atoms with van der Waals surface area (Å²) in [4.78, 5) is 4.01. The number of ether oxygens (including phenoxy) is 1. The van der Waals surface area contributed by atoms with Gasteiger partial charge >= 0.3 is 6.18 Å². The van der Waals surface area contributed by atoms with E-state index in [1.165, 1.54) is 19.2 Å². The molecule has 1 rings (SSSR count). The highest BCUT2D eigenvalue weighted by molar-refractivity contribution is 14.0. The van der Waals surface area contributed by atoms with Gasteiger partial charge in [0.15, 0.2) is 17.5 Å². The molecule has 9 heteroatoms. The molecule has 0 aliphatic carbocycles. The lowest BCUT2D eigenvalue weighted by atomic mass is 10.1. The highest BCUT2D eigenvalue weighted by Gasteiger charge is 2.25. The summed E-state index contributed by atoms with van der Waals surface area (Å²) in [6.45, 7) is 2.21. The van der Waals surface area contributed by atoms with Crippen molar-refractivity contribution in [1.29, 1.82) is 0 Å². The van der Waals surface area contributed by atoms with E-state index >= 15 is 0 Å². The van der Waals surface area contributed by atoms with Gasteiger partial charge in [0.05, 0.1) is 13.2 Å². The summed E-state index contributed by atoms with van der Waals surface area (Å²) in [6, 6.07) is 4.41. The maximum atomic E-state index is 13.7. The number of aliphatic imine (C=N–C) groups is 1. The van der Waals surface area contributed by atoms with Gasteiger partial charge in [-0.15, -0.1) is 24.0 Å². The molecule has 4 nitrogen and oxygen atoms in total. The van der Waals surface area contributed by atoms with Crippen LogP contribution in [-0.4, -0.2) is 32.8 Å². The monoisotopic (exact) mass is 477 g/mol. The zero-order valence-electron chi connectivity index (χ0n) is 14.4. The van der Waals surface area contributed by atoms with Crippen LogP contribution in [0.5, 0.6) is 5.75 Å². The van der Waals surface area contributed by atoms with E-state index in [1.54, 1.807) is 13.1 Å². The van der Waals surface area contributed by atoms with E-state index in [4.69, 9.17) is 4.74 Å². The fourth-order valence-corrected chi connectivity index (χ4v) is 2.09. The van der Waals surface area contributed by atoms with Crippen molar-refractivity contribution in [2.24, 2.45) is 4.99 Å². The lowest BCUT2D eigenvalue weighted by molar-refractivity contribution is -0.135. The van der Waals surface area contributed by atoms with E-state index in [-0.39, 0.29) is 42.2 Å². The molecule has 25 heavy (non-hydrogen) atoms. The SMILES string of the molecule is CN=C(NCCCCC(F)(F)F)NC(C)c1ccc(OC)c(F)c1.I. The number of benzene rings is 1. The molecular formula is C16H24F4IN3O. The number of halogens is 5. The third-order valence-corrected chi connectivity index (χ3v) is 3.43. The van der Waals surface area contributed by atoms with Gasteiger partial charge in [-0.1, -0.05) is 6.07 Å². The van der Waals surface area contributed by atoms with Gasteiger partial charge in [0.2, 0.25) is 0 Å². The number of hydrogen-bond acceptors (Lipinski definition) is 2. The van der Waals surface area contributed by atoms with Crippen molar-refractivity contribution >= 4 is 29.9 Å². The van der Waals surface area contributed by atoms with Crippen molar-refractivity contribution in [3.05, 3.63) is 29.6 Å². The fourth-order valence-electron chi connectivity index (χ4n) is 2.09. The molecule has 0 saturated heterocycles. The van der Waals surface area contributed by atoms with Crippen molar-refractivity contribution < 1.29 is 22.3 Å². The summed E-state index contributed by atoms with van der Waals surface area (Å²) in [5, 5.41) is 6.01. The minimum absolute atomic E-state index is 0. The minimum atomic E-state index is -4.12. The third kappa shape index (κ3) is 9.13. The van der Waals surface area contributed by atoms with Crippen LogP contribution in [0.2, 0.25) is 0 Å². The molecule has 0 spiro atoms. The normalized spacial score (nSPS) is 13.0. The summed E-state index contributed by atoms with van der Waals surface area (Å²) in [5.41, 5.74) is 0.702. The first-order chi connectivity index (χ1) is 11.3. The van der Waals surface area contributed by atoms with Crippen LogP contribution in [0, 0.1) is 5.82 Å². The first-order valence-electron chi connectivity index (χ1n) is 7.64. The second-order valence-electron chi connectivity index (χ2n) is 5.33. The van der Waals surface area contributed by atoms with Gasteiger partial charge < -0.3 is 15.4 Å². The smallest absolute Gasteiger partial charge is 0.389 e. The second-order valence-corrected chi connectivity index (χ2v) is 5.33. The van der Waals surface area contributed by atoms with Crippen molar-refractivity contribution in [3.8, 4) is 5.75 Å². The first kappa shape index (κ1) is 23.7. The summed E-state index contributed by atoms with van der Waals surface area (Å²) >= 11 is 0. The molecule has 0 fully saturated rings. The van der Waals surface area contributed by atoms with Crippen LogP contribution < -0.4 is 15.4 Å². The van der Waals surface area contributed by atoms with Gasteiger partial charge in [-0.25, -0.2) is 4.39 Å². The Labute approximate surface area is 162 Å². The van der Waals surface area contributed by atoms with Crippen LogP contribution in [0.25, 0.3) is 0 Å². The topological polar surface area (TPSA) is 45.7 Å². The zero-order valence-corrected chi connectivity index (χ0v) is 16.7. The van der Waals surface area contributed by atoms with E-state index in [1.807, 2.05) is 6.92 Å². The van der Waals surface area contributed by atoms with Crippen LogP contribution in [0.1, 0.15) is 37.8 Å². The predicted molar refractivity (Wildman–Crippen MR) is 101 cm³/mol. The van der Waals surface area contributed by atoms with E-state index in [2.05, 4.69) is 15.6 Å². The van der Waals surface area contributed by atoms with Crippen molar-refractivity contribution in [2.45, 2.75) is 38.4 Å². The second kappa shape index (κ2) is 11.4. The number of nitrogens with one attached hydrogen (secondary N) is 2. The number of unbranched alkanes of at least 4 members (excludes halogenated alkanes) is 1. The molecule has 2 N–H and O–H groups in total. The maximum Gasteiger partial charge on any atom is 0.389 e. The average molecular weight is 477 g/mol. The molecule has 0 heterocycles. The number of guanidine groups is 1. The highest BCUT2D eigenvalue weighted by atomic mass is 127. The number of nitrogens with zero attached hydrogens (tertiary/aromatic N) is 1. The molecule has 0 amide bonds. The quantitative estimate of drug-likeness (QED) is 0.201. The fraction of sp³-hybridized carbons (Fsp3) is 0.562. The molecule has 1 atom stereocenters. The number of rotatable bonds is 7. The number of methoxy groups -OCH3 is 1. The summed E-state index contributed by atoms with van der Waals surface area (Å²) in [7, 11) is 2.96. The number of alkyl halides is 3. The van der Waals surface area contributed by atoms with Crippen LogP contribution >= 0.6 is 24.0 Å². The molecule has 1 aromatic carbocycles. The Bertz CT molecular complexity index is 553. The van der Waals surface area contributed by atoms with Gasteiger partial charge in [-0.3, -0.25) is 4.99 Å². The molecule has 0 saturated carbocycles. The summed E-state index contributed by atoms with van der Waals surface area (Å²) in [5.74, 6) is 0.155. The Balaban J connectivity index is 0.00000576. The zero-order chi connectivity index (χ0) is 18.2. The minimum Gasteiger partial charge on any atom is -0.494 e. The van der Waals surface area contributed by atoms with Crippen LogP contribution in [-0.2, 0) is 0 Å². The maximum absolute atomic E-state index is 13.7. The molecular weight excluding hydrogens is 453 g/mol. The van der Waals surface area contributed by atoms with Gasteiger partial charge in [0, 0.05) is 20.0 Å². The summed E-state index contributed by atoms with van der Waals surface area (Å²) in [6.07, 6.45) is -4.46. The number of hydrogen-bond donors (Lipinski definition) is 2. The van der Waals surface area contributed by atoms with Crippen molar-refractivity contribution in [3.63, 3.8) is 0 Å². The Morgan fingerprint density at radius 3 is 2.48 bits per heavy atom. The van der Waals surface area contributed by atoms with Crippen LogP contribution in [0.3, 0.4) is 0 Å². The molecule has 0 radical (unpaired) electrons. The van der Waals surface area contributed by atoms with E-state index in [0.29, 0.717) is 24.5 Å². The third-order valence-electron chi connectivity index (χ3n) is 3.43. The largest absolute Gasteiger partial charge is 0.494 e. The van der Waals surface area contributed by atoms with Gasteiger partial charge in [0.1, 0.15) is 0 Å². The van der Waals surface area contributed by atoms with E-state index in [0.717, 1.165) is 0 Å². The Hall–Kier alpha value is -1.26. The highest BCUT2D eigenvalue weighted by Crippen LogP contribution is 2.22.